The van der Waals surface area contributed by atoms with Gasteiger partial charge >= 0.3 is 5.97 Å². The highest BCUT2D eigenvalue weighted by atomic mass is 16.4. The molecule has 3 unspecified atom stereocenters. The molecule has 0 heterocycles. The van der Waals surface area contributed by atoms with E-state index in [1.807, 2.05) is 45.0 Å². The van der Waals surface area contributed by atoms with Crippen LogP contribution in [-0.2, 0) is 9.59 Å². The van der Waals surface area contributed by atoms with E-state index in [1.54, 1.807) is 0 Å². The van der Waals surface area contributed by atoms with Crippen molar-refractivity contribution in [1.29, 1.82) is 0 Å². The van der Waals surface area contributed by atoms with E-state index in [0.29, 0.717) is 12.8 Å². The van der Waals surface area contributed by atoms with Crippen molar-refractivity contribution in [3.05, 3.63) is 35.4 Å². The molecule has 0 aromatic heterocycles. The second-order valence-corrected chi connectivity index (χ2v) is 6.27. The van der Waals surface area contributed by atoms with E-state index >= 15 is 0 Å². The summed E-state index contributed by atoms with van der Waals surface area (Å²) in [7, 11) is 0. The first-order valence-corrected chi connectivity index (χ1v) is 7.48. The van der Waals surface area contributed by atoms with Crippen LogP contribution in [0.2, 0.25) is 0 Å². The molecule has 4 nitrogen and oxygen atoms in total. The zero-order valence-corrected chi connectivity index (χ0v) is 12.8. The van der Waals surface area contributed by atoms with Crippen molar-refractivity contribution in [3.63, 3.8) is 0 Å². The molecule has 2 rings (SSSR count). The topological polar surface area (TPSA) is 66.4 Å². The van der Waals surface area contributed by atoms with Crippen LogP contribution in [0.4, 0.5) is 0 Å². The summed E-state index contributed by atoms with van der Waals surface area (Å²) in [6.07, 6.45) is 1.25. The molecule has 4 atom stereocenters. The minimum absolute atomic E-state index is 0.108. The number of carbonyl (C=O) groups is 2. The Morgan fingerprint density at radius 1 is 1.19 bits per heavy atom. The smallest absolute Gasteiger partial charge is 0.307 e. The van der Waals surface area contributed by atoms with Crippen molar-refractivity contribution in [1.82, 2.24) is 5.32 Å². The fraction of sp³-hybridized carbons (Fsp3) is 0.529. The molecule has 1 aromatic rings. The van der Waals surface area contributed by atoms with Crippen LogP contribution in [0.3, 0.4) is 0 Å². The number of carboxylic acids is 1. The average molecular weight is 289 g/mol. The van der Waals surface area contributed by atoms with Gasteiger partial charge in [0.15, 0.2) is 0 Å². The molecule has 1 saturated carbocycles. The van der Waals surface area contributed by atoms with Gasteiger partial charge < -0.3 is 10.4 Å². The second kappa shape index (κ2) is 6.29. The van der Waals surface area contributed by atoms with Gasteiger partial charge in [-0.2, -0.15) is 0 Å². The van der Waals surface area contributed by atoms with Crippen LogP contribution >= 0.6 is 0 Å². The molecule has 0 spiro atoms. The van der Waals surface area contributed by atoms with Gasteiger partial charge in [-0.25, -0.2) is 0 Å². The Kier molecular flexibility index (Phi) is 4.66. The molecule has 1 amide bonds. The van der Waals surface area contributed by atoms with Gasteiger partial charge in [-0.1, -0.05) is 36.8 Å². The molecule has 4 heteroatoms. The molecule has 21 heavy (non-hydrogen) atoms. The fourth-order valence-electron chi connectivity index (χ4n) is 3.11. The van der Waals surface area contributed by atoms with Crippen molar-refractivity contribution in [2.24, 2.45) is 17.8 Å². The quantitative estimate of drug-likeness (QED) is 0.895. The number of hydrogen-bond acceptors (Lipinski definition) is 2. The SMILES string of the molecule is Cc1ccc([C@@H](C)NC(=O)C2CC(C)CC2C(=O)O)cc1. The molecular formula is C17H23NO3. The van der Waals surface area contributed by atoms with Crippen molar-refractivity contribution in [2.75, 3.05) is 0 Å². The lowest BCUT2D eigenvalue weighted by Crippen LogP contribution is -2.36. The van der Waals surface area contributed by atoms with E-state index in [2.05, 4.69) is 5.32 Å². The lowest BCUT2D eigenvalue weighted by Gasteiger charge is -2.20. The number of nitrogens with one attached hydrogen (secondary N) is 1. The van der Waals surface area contributed by atoms with Crippen molar-refractivity contribution >= 4 is 11.9 Å². The number of hydrogen-bond donors (Lipinski definition) is 2. The van der Waals surface area contributed by atoms with Crippen LogP contribution in [0.1, 0.15) is 43.9 Å². The maximum absolute atomic E-state index is 12.4. The van der Waals surface area contributed by atoms with Gasteiger partial charge in [0.25, 0.3) is 0 Å². The average Bonchev–Trinajstić information content (AvgIpc) is 2.82. The number of aryl methyl sites for hydroxylation is 1. The maximum Gasteiger partial charge on any atom is 0.307 e. The molecular weight excluding hydrogens is 266 g/mol. The van der Waals surface area contributed by atoms with E-state index < -0.39 is 17.8 Å². The first-order valence-electron chi connectivity index (χ1n) is 7.48. The van der Waals surface area contributed by atoms with E-state index in [1.165, 1.54) is 5.56 Å². The summed E-state index contributed by atoms with van der Waals surface area (Å²) in [6, 6.07) is 7.90. The third-order valence-electron chi connectivity index (χ3n) is 4.39. The summed E-state index contributed by atoms with van der Waals surface area (Å²) < 4.78 is 0. The Morgan fingerprint density at radius 2 is 1.76 bits per heavy atom. The lowest BCUT2D eigenvalue weighted by molar-refractivity contribution is -0.146. The number of carbonyl (C=O) groups excluding carboxylic acids is 1. The van der Waals surface area contributed by atoms with Crippen molar-refractivity contribution in [2.45, 2.75) is 39.7 Å². The van der Waals surface area contributed by atoms with E-state index in [4.69, 9.17) is 0 Å². The molecule has 114 valence electrons. The van der Waals surface area contributed by atoms with Gasteiger partial charge in [0.1, 0.15) is 0 Å². The summed E-state index contributed by atoms with van der Waals surface area (Å²) in [5.74, 6) is -1.67. The van der Waals surface area contributed by atoms with Crippen LogP contribution in [0.15, 0.2) is 24.3 Å². The van der Waals surface area contributed by atoms with Crippen LogP contribution in [0.5, 0.6) is 0 Å². The zero-order chi connectivity index (χ0) is 15.6. The van der Waals surface area contributed by atoms with Gasteiger partial charge in [-0.15, -0.1) is 0 Å². The predicted octanol–water partition coefficient (Wildman–Crippen LogP) is 2.92. The Labute approximate surface area is 125 Å². The molecule has 1 fully saturated rings. The molecule has 0 saturated heterocycles. The zero-order valence-electron chi connectivity index (χ0n) is 12.8. The lowest BCUT2D eigenvalue weighted by atomic mass is 9.94. The number of rotatable bonds is 4. The standard InChI is InChI=1S/C17H23NO3/c1-10-4-6-13(7-5-10)12(3)18-16(19)14-8-11(2)9-15(14)17(20)21/h4-7,11-12,14-15H,8-9H2,1-3H3,(H,18,19)(H,20,21)/t11?,12-,14?,15?/m1/s1. The molecule has 1 aliphatic rings. The van der Waals surface area contributed by atoms with Crippen molar-refractivity contribution in [3.8, 4) is 0 Å². The number of aliphatic carboxylic acids is 1. The molecule has 2 N–H and O–H groups in total. The summed E-state index contributed by atoms with van der Waals surface area (Å²) >= 11 is 0. The van der Waals surface area contributed by atoms with Gasteiger partial charge in [0, 0.05) is 0 Å². The van der Waals surface area contributed by atoms with Crippen LogP contribution in [-0.4, -0.2) is 17.0 Å². The largest absolute Gasteiger partial charge is 0.481 e. The first-order chi connectivity index (χ1) is 9.88. The van der Waals surface area contributed by atoms with E-state index in [9.17, 15) is 14.7 Å². The fourth-order valence-corrected chi connectivity index (χ4v) is 3.11. The Bertz CT molecular complexity index is 523. The maximum atomic E-state index is 12.4. The van der Waals surface area contributed by atoms with E-state index in [-0.39, 0.29) is 17.9 Å². The third-order valence-corrected chi connectivity index (χ3v) is 4.39. The third kappa shape index (κ3) is 3.63. The van der Waals surface area contributed by atoms with E-state index in [0.717, 1.165) is 5.56 Å². The van der Waals surface area contributed by atoms with Gasteiger partial charge in [-0.05, 0) is 38.2 Å². The van der Waals surface area contributed by atoms with Gasteiger partial charge in [0.2, 0.25) is 5.91 Å². The molecule has 0 bridgehead atoms. The highest BCUT2D eigenvalue weighted by Crippen LogP contribution is 2.36. The minimum atomic E-state index is -0.859. The molecule has 1 aliphatic carbocycles. The monoisotopic (exact) mass is 289 g/mol. The number of amides is 1. The molecule has 1 aromatic carbocycles. The van der Waals surface area contributed by atoms with Crippen LogP contribution < -0.4 is 5.32 Å². The summed E-state index contributed by atoms with van der Waals surface area (Å²) in [5, 5.41) is 12.2. The van der Waals surface area contributed by atoms with Crippen LogP contribution in [0, 0.1) is 24.7 Å². The Morgan fingerprint density at radius 3 is 2.33 bits per heavy atom. The Balaban J connectivity index is 2.03. The molecule has 0 aliphatic heterocycles. The predicted molar refractivity (Wildman–Crippen MR) is 80.8 cm³/mol. The summed E-state index contributed by atoms with van der Waals surface area (Å²) in [4.78, 5) is 23.7. The van der Waals surface area contributed by atoms with Gasteiger partial charge in [0.05, 0.1) is 17.9 Å². The second-order valence-electron chi connectivity index (χ2n) is 6.27. The number of carboxylic acid groups (broad SMARTS) is 1. The summed E-state index contributed by atoms with van der Waals surface area (Å²) in [6.45, 7) is 5.95. The van der Waals surface area contributed by atoms with Gasteiger partial charge in [-0.3, -0.25) is 9.59 Å². The number of benzene rings is 1. The van der Waals surface area contributed by atoms with Crippen LogP contribution in [0.25, 0.3) is 0 Å². The normalized spacial score (nSPS) is 26.3. The Hall–Kier alpha value is -1.84. The highest BCUT2D eigenvalue weighted by molar-refractivity contribution is 5.85. The highest BCUT2D eigenvalue weighted by Gasteiger charge is 2.41. The molecule has 0 radical (unpaired) electrons. The summed E-state index contributed by atoms with van der Waals surface area (Å²) in [5.41, 5.74) is 2.21. The minimum Gasteiger partial charge on any atom is -0.481 e. The van der Waals surface area contributed by atoms with Crippen molar-refractivity contribution < 1.29 is 14.7 Å². The first kappa shape index (κ1) is 15.5.